The summed E-state index contributed by atoms with van der Waals surface area (Å²) in [6.07, 6.45) is 1.33. The van der Waals surface area contributed by atoms with Gasteiger partial charge in [-0.1, -0.05) is 18.2 Å². The molecule has 1 unspecified atom stereocenters. The standard InChI is InChI=1S/C29H41N8O6P/c1-19(2)37(20(3)4)44(41-13-9-12-30)42-16-22-23(31)25(40-15-14-39-5)29(43-22)36-18-34-24-26(32-17-33-27(24)36)35-28(38)21-10-7-6-8-11-21/h6-8,10-11,17-20,22-23,25,29H,9,13-16,31H2,1-5H3,(H,32,33,35,38)/t22-,23-,25-,29-,44?/m1/s1. The Morgan fingerprint density at radius 2 is 1.89 bits per heavy atom. The Balaban J connectivity index is 1.57. The van der Waals surface area contributed by atoms with Gasteiger partial charge in [0, 0.05) is 24.8 Å². The van der Waals surface area contributed by atoms with Crippen LogP contribution in [0.3, 0.4) is 0 Å². The predicted octanol–water partition coefficient (Wildman–Crippen LogP) is 3.63. The van der Waals surface area contributed by atoms with E-state index in [1.165, 1.54) is 6.33 Å². The Bertz CT molecular complexity index is 1380. The van der Waals surface area contributed by atoms with Crippen molar-refractivity contribution in [3.8, 4) is 6.07 Å². The summed E-state index contributed by atoms with van der Waals surface area (Å²) in [4.78, 5) is 26.0. The highest BCUT2D eigenvalue weighted by atomic mass is 31.2. The van der Waals surface area contributed by atoms with Gasteiger partial charge < -0.3 is 34.3 Å². The maximum absolute atomic E-state index is 12.8. The molecule has 1 fully saturated rings. The predicted molar refractivity (Wildman–Crippen MR) is 164 cm³/mol. The van der Waals surface area contributed by atoms with E-state index in [2.05, 4.69) is 58.7 Å². The van der Waals surface area contributed by atoms with Crippen LogP contribution in [0.1, 0.15) is 50.7 Å². The van der Waals surface area contributed by atoms with Gasteiger partial charge in [0.25, 0.3) is 14.4 Å². The van der Waals surface area contributed by atoms with Gasteiger partial charge in [-0.05, 0) is 39.8 Å². The number of benzene rings is 1. The molecule has 4 rings (SSSR count). The zero-order valence-corrected chi connectivity index (χ0v) is 26.6. The maximum atomic E-state index is 12.8. The van der Waals surface area contributed by atoms with Crippen LogP contribution >= 0.6 is 8.53 Å². The first-order chi connectivity index (χ1) is 21.3. The van der Waals surface area contributed by atoms with E-state index in [4.69, 9.17) is 34.3 Å². The second kappa shape index (κ2) is 16.3. The highest BCUT2D eigenvalue weighted by Crippen LogP contribution is 2.47. The van der Waals surface area contributed by atoms with Gasteiger partial charge in [-0.3, -0.25) is 9.36 Å². The topological polar surface area (TPSA) is 172 Å². The summed E-state index contributed by atoms with van der Waals surface area (Å²) >= 11 is 0. The lowest BCUT2D eigenvalue weighted by Gasteiger charge is -2.36. The van der Waals surface area contributed by atoms with Gasteiger partial charge in [-0.25, -0.2) is 19.6 Å². The molecule has 0 bridgehead atoms. The van der Waals surface area contributed by atoms with Crippen molar-refractivity contribution in [1.82, 2.24) is 24.2 Å². The van der Waals surface area contributed by atoms with E-state index >= 15 is 0 Å². The van der Waals surface area contributed by atoms with Gasteiger partial charge >= 0.3 is 0 Å². The van der Waals surface area contributed by atoms with Crippen LogP contribution in [0.25, 0.3) is 11.2 Å². The van der Waals surface area contributed by atoms with Crippen molar-refractivity contribution in [2.24, 2.45) is 5.73 Å². The molecule has 2 aromatic heterocycles. The molecule has 3 N–H and O–H groups in total. The minimum Gasteiger partial charge on any atom is -0.382 e. The third-order valence-electron chi connectivity index (χ3n) is 6.91. The summed E-state index contributed by atoms with van der Waals surface area (Å²) in [5, 5.41) is 11.8. The van der Waals surface area contributed by atoms with E-state index in [9.17, 15) is 4.79 Å². The number of hydrogen-bond donors (Lipinski definition) is 2. The van der Waals surface area contributed by atoms with E-state index in [-0.39, 0.29) is 43.4 Å². The number of nitrogens with two attached hydrogens (primary N) is 1. The third kappa shape index (κ3) is 8.12. The molecule has 0 saturated carbocycles. The van der Waals surface area contributed by atoms with Crippen molar-refractivity contribution in [3.63, 3.8) is 0 Å². The number of rotatable bonds is 16. The molecule has 1 amide bonds. The van der Waals surface area contributed by atoms with Gasteiger partial charge in [0.15, 0.2) is 23.2 Å². The quantitative estimate of drug-likeness (QED) is 0.175. The van der Waals surface area contributed by atoms with E-state index in [0.29, 0.717) is 29.9 Å². The van der Waals surface area contributed by atoms with E-state index in [1.807, 2.05) is 6.07 Å². The zero-order valence-electron chi connectivity index (χ0n) is 25.7. The lowest BCUT2D eigenvalue weighted by Crippen LogP contribution is -2.43. The Morgan fingerprint density at radius 3 is 2.57 bits per heavy atom. The molecule has 1 aliphatic rings. The molecule has 5 atom stereocenters. The fraction of sp³-hybridized carbons (Fsp3) is 0.552. The third-order valence-corrected chi connectivity index (χ3v) is 8.99. The summed E-state index contributed by atoms with van der Waals surface area (Å²) in [7, 11) is 0.104. The molecule has 1 aromatic carbocycles. The van der Waals surface area contributed by atoms with Crippen molar-refractivity contribution in [2.75, 3.05) is 38.9 Å². The van der Waals surface area contributed by atoms with E-state index in [1.54, 1.807) is 42.3 Å². The first-order valence-corrected chi connectivity index (χ1v) is 15.7. The van der Waals surface area contributed by atoms with Gasteiger partial charge in [0.2, 0.25) is 0 Å². The number of hydrogen-bond acceptors (Lipinski definition) is 12. The molecular weight excluding hydrogens is 587 g/mol. The molecule has 0 spiro atoms. The number of anilines is 1. The number of nitriles is 1. The van der Waals surface area contributed by atoms with Crippen LogP contribution < -0.4 is 11.1 Å². The lowest BCUT2D eigenvalue weighted by molar-refractivity contribution is -0.0743. The molecule has 3 aromatic rings. The lowest BCUT2D eigenvalue weighted by atomic mass is 10.1. The molecule has 15 heteroatoms. The Hall–Kier alpha value is -3.12. The average Bonchev–Trinajstić information content (AvgIpc) is 3.57. The molecule has 238 valence electrons. The monoisotopic (exact) mass is 628 g/mol. The first kappa shape index (κ1) is 33.8. The van der Waals surface area contributed by atoms with Crippen molar-refractivity contribution in [3.05, 3.63) is 48.5 Å². The van der Waals surface area contributed by atoms with Crippen LogP contribution in [0.15, 0.2) is 43.0 Å². The smallest absolute Gasteiger partial charge is 0.259 e. The summed E-state index contributed by atoms with van der Waals surface area (Å²) in [5.74, 6) is -0.0492. The second-order valence-corrected chi connectivity index (χ2v) is 12.1. The Morgan fingerprint density at radius 1 is 1.14 bits per heavy atom. The van der Waals surface area contributed by atoms with Gasteiger partial charge in [0.05, 0.1) is 51.3 Å². The highest BCUT2D eigenvalue weighted by Gasteiger charge is 2.46. The first-order valence-electron chi connectivity index (χ1n) is 14.5. The number of nitrogens with one attached hydrogen (secondary N) is 1. The van der Waals surface area contributed by atoms with Crippen LogP contribution in [0.5, 0.6) is 0 Å². The van der Waals surface area contributed by atoms with Crippen molar-refractivity contribution in [1.29, 1.82) is 5.26 Å². The number of fused-ring (bicyclic) bond motifs is 1. The number of imidazole rings is 1. The van der Waals surface area contributed by atoms with Crippen LogP contribution in [0, 0.1) is 11.3 Å². The molecular formula is C29H41N8O6P. The van der Waals surface area contributed by atoms with Gasteiger partial charge in [0.1, 0.15) is 18.5 Å². The molecule has 3 heterocycles. The number of methoxy groups -OCH3 is 1. The maximum Gasteiger partial charge on any atom is 0.259 e. The van der Waals surface area contributed by atoms with Crippen molar-refractivity contribution < 1.29 is 28.1 Å². The number of aromatic nitrogens is 4. The van der Waals surface area contributed by atoms with Crippen molar-refractivity contribution in [2.45, 2.75) is 70.7 Å². The fourth-order valence-corrected chi connectivity index (χ4v) is 6.55. The molecule has 1 aliphatic heterocycles. The molecule has 14 nitrogen and oxygen atoms in total. The second-order valence-electron chi connectivity index (χ2n) is 10.7. The summed E-state index contributed by atoms with van der Waals surface area (Å²) in [6.45, 7) is 9.34. The minimum atomic E-state index is -1.49. The molecule has 0 radical (unpaired) electrons. The number of ether oxygens (including phenoxy) is 3. The normalized spacial score (nSPS) is 20.9. The summed E-state index contributed by atoms with van der Waals surface area (Å²) in [6, 6.07) is 10.7. The SMILES string of the molecule is COCCO[C@@H]1[C@H](N)[C@@H](COP(OCCC#N)N(C(C)C)C(C)C)O[C@H]1n1cnc2c(NC(=O)c3ccccc3)ncnc21. The fourth-order valence-electron chi connectivity index (χ4n) is 4.93. The van der Waals surface area contributed by atoms with Crippen LogP contribution in [0.2, 0.25) is 0 Å². The minimum absolute atomic E-state index is 0.135. The molecule has 44 heavy (non-hydrogen) atoms. The molecule has 1 saturated heterocycles. The number of carbonyl (C=O) groups is 1. The van der Waals surface area contributed by atoms with Gasteiger partial charge in [-0.2, -0.15) is 5.26 Å². The Kier molecular flexibility index (Phi) is 12.5. The largest absolute Gasteiger partial charge is 0.382 e. The number of nitrogens with zero attached hydrogens (tertiary/aromatic N) is 6. The molecule has 0 aliphatic carbocycles. The summed E-state index contributed by atoms with van der Waals surface area (Å²) in [5.41, 5.74) is 8.05. The summed E-state index contributed by atoms with van der Waals surface area (Å²) < 4.78 is 34.1. The van der Waals surface area contributed by atoms with Crippen LogP contribution in [0.4, 0.5) is 5.82 Å². The highest BCUT2D eigenvalue weighted by molar-refractivity contribution is 7.44. The van der Waals surface area contributed by atoms with Crippen molar-refractivity contribution >= 4 is 31.4 Å². The van der Waals surface area contributed by atoms with E-state index < -0.39 is 33.0 Å². The van der Waals surface area contributed by atoms with E-state index in [0.717, 1.165) is 0 Å². The number of amides is 1. The Labute approximate surface area is 258 Å². The number of carbonyl (C=O) groups excluding carboxylic acids is 1. The van der Waals surface area contributed by atoms with Crippen LogP contribution in [-0.2, 0) is 23.3 Å². The zero-order chi connectivity index (χ0) is 31.6. The average molecular weight is 629 g/mol. The van der Waals surface area contributed by atoms with Crippen LogP contribution in [-0.4, -0.2) is 94.0 Å². The van der Waals surface area contributed by atoms with Gasteiger partial charge in [-0.15, -0.1) is 0 Å².